The molecule has 11 heteroatoms. The van der Waals surface area contributed by atoms with Crippen LogP contribution in [0.2, 0.25) is 0 Å². The van der Waals surface area contributed by atoms with Gasteiger partial charge in [0.15, 0.2) is 5.82 Å². The highest BCUT2D eigenvalue weighted by molar-refractivity contribution is 6.00. The number of aromatic nitrogens is 6. The maximum absolute atomic E-state index is 13.3. The molecule has 1 fully saturated rings. The summed E-state index contributed by atoms with van der Waals surface area (Å²) in [5.41, 5.74) is 0.259. The fourth-order valence-corrected chi connectivity index (χ4v) is 4.16. The first kappa shape index (κ1) is 21.8. The molecule has 1 amide bonds. The highest BCUT2D eigenvalue weighted by atomic mass is 19.1. The fraction of sp³-hybridized carbons (Fsp3) is 0.348. The van der Waals surface area contributed by atoms with Crippen LogP contribution in [0.15, 0.2) is 49.2 Å². The SMILES string of the molecule is CC(C)n1cnc(Nc2nc(N3CCC[C@@]3(C)C(=O)Nc3ccc(F)nc3)nc3cccn23)c1. The zero-order chi connectivity index (χ0) is 23.9. The van der Waals surface area contributed by atoms with Gasteiger partial charge in [0.05, 0.1) is 18.2 Å². The van der Waals surface area contributed by atoms with Crippen LogP contribution in [0.25, 0.3) is 5.65 Å². The number of fused-ring (bicyclic) bond motifs is 1. The Balaban J connectivity index is 1.46. The lowest BCUT2D eigenvalue weighted by atomic mass is 9.97. The van der Waals surface area contributed by atoms with Crippen LogP contribution in [0.3, 0.4) is 0 Å². The lowest BCUT2D eigenvalue weighted by molar-refractivity contribution is -0.120. The minimum atomic E-state index is -0.879. The van der Waals surface area contributed by atoms with Crippen LogP contribution in [-0.2, 0) is 4.79 Å². The van der Waals surface area contributed by atoms with E-state index in [9.17, 15) is 9.18 Å². The maximum atomic E-state index is 13.3. The first-order valence-corrected chi connectivity index (χ1v) is 11.2. The van der Waals surface area contributed by atoms with Crippen molar-refractivity contribution in [2.45, 2.75) is 45.2 Å². The second-order valence-electron chi connectivity index (χ2n) is 8.86. The molecule has 2 N–H and O–H groups in total. The van der Waals surface area contributed by atoms with Gasteiger partial charge < -0.3 is 20.1 Å². The van der Waals surface area contributed by atoms with Crippen molar-refractivity contribution in [3.05, 3.63) is 55.1 Å². The lowest BCUT2D eigenvalue weighted by Gasteiger charge is -2.34. The summed E-state index contributed by atoms with van der Waals surface area (Å²) in [6.45, 7) is 6.67. The summed E-state index contributed by atoms with van der Waals surface area (Å²) in [6.07, 6.45) is 8.31. The van der Waals surface area contributed by atoms with Gasteiger partial charge in [0.1, 0.15) is 11.2 Å². The lowest BCUT2D eigenvalue weighted by Crippen LogP contribution is -2.51. The van der Waals surface area contributed by atoms with Gasteiger partial charge in [-0.05, 0) is 57.9 Å². The molecule has 4 aromatic rings. The van der Waals surface area contributed by atoms with Crippen LogP contribution >= 0.6 is 0 Å². The fourth-order valence-electron chi connectivity index (χ4n) is 4.16. The van der Waals surface area contributed by atoms with Crippen molar-refractivity contribution in [2.75, 3.05) is 22.1 Å². The van der Waals surface area contributed by atoms with E-state index < -0.39 is 11.5 Å². The standard InChI is InChI=1S/C23H26FN9O/c1-15(2)31-13-18(26-14-31)28-21-30-22(29-19-6-4-10-32(19)21)33-11-5-9-23(33,3)20(34)27-16-7-8-17(24)25-12-16/h4,6-8,10,12-15H,5,9,11H2,1-3H3,(H,27,34)(H,28,29,30)/t23-/m0/s1. The second kappa shape index (κ2) is 8.40. The van der Waals surface area contributed by atoms with E-state index in [2.05, 4.69) is 34.4 Å². The van der Waals surface area contributed by atoms with Gasteiger partial charge >= 0.3 is 0 Å². The number of nitrogens with one attached hydrogen (secondary N) is 2. The van der Waals surface area contributed by atoms with Crippen molar-refractivity contribution in [3.63, 3.8) is 0 Å². The summed E-state index contributed by atoms with van der Waals surface area (Å²) in [4.78, 5) is 32.8. The molecule has 0 aromatic carbocycles. The minimum absolute atomic E-state index is 0.220. The molecule has 10 nitrogen and oxygen atoms in total. The quantitative estimate of drug-likeness (QED) is 0.419. The topological polar surface area (TPSA) is 105 Å². The number of imidazole rings is 1. The van der Waals surface area contributed by atoms with Crippen molar-refractivity contribution in [1.29, 1.82) is 0 Å². The van der Waals surface area contributed by atoms with Gasteiger partial charge in [0, 0.05) is 25.0 Å². The predicted molar refractivity (Wildman–Crippen MR) is 127 cm³/mol. The number of rotatable bonds is 6. The zero-order valence-corrected chi connectivity index (χ0v) is 19.2. The maximum Gasteiger partial charge on any atom is 0.250 e. The van der Waals surface area contributed by atoms with Crippen LogP contribution in [0.1, 0.15) is 39.7 Å². The van der Waals surface area contributed by atoms with Gasteiger partial charge in [0.25, 0.3) is 0 Å². The van der Waals surface area contributed by atoms with Crippen molar-refractivity contribution in [2.24, 2.45) is 0 Å². The largest absolute Gasteiger partial charge is 0.333 e. The molecule has 1 aliphatic rings. The molecule has 34 heavy (non-hydrogen) atoms. The van der Waals surface area contributed by atoms with Gasteiger partial charge in [-0.2, -0.15) is 14.4 Å². The third-order valence-corrected chi connectivity index (χ3v) is 6.17. The Kier molecular flexibility index (Phi) is 5.39. The van der Waals surface area contributed by atoms with Gasteiger partial charge in [-0.3, -0.25) is 9.20 Å². The summed E-state index contributed by atoms with van der Waals surface area (Å²) in [7, 11) is 0. The number of pyridine rings is 1. The molecule has 5 heterocycles. The van der Waals surface area contributed by atoms with Crippen LogP contribution in [0.5, 0.6) is 0 Å². The predicted octanol–water partition coefficient (Wildman–Crippen LogP) is 3.78. The number of hydrogen-bond acceptors (Lipinski definition) is 7. The Hall–Kier alpha value is -4.02. The van der Waals surface area contributed by atoms with Crippen molar-refractivity contribution in [1.82, 2.24) is 28.9 Å². The highest BCUT2D eigenvalue weighted by Gasteiger charge is 2.45. The third-order valence-electron chi connectivity index (χ3n) is 6.17. The van der Waals surface area contributed by atoms with E-state index >= 15 is 0 Å². The molecule has 4 aromatic heterocycles. The molecule has 1 atom stereocenters. The second-order valence-corrected chi connectivity index (χ2v) is 8.86. The third kappa shape index (κ3) is 3.93. The molecular weight excluding hydrogens is 437 g/mol. The first-order chi connectivity index (χ1) is 16.3. The highest BCUT2D eigenvalue weighted by Crippen LogP contribution is 2.34. The van der Waals surface area contributed by atoms with Gasteiger partial charge in [-0.1, -0.05) is 0 Å². The Morgan fingerprint density at radius 3 is 2.79 bits per heavy atom. The molecule has 0 aliphatic carbocycles. The summed E-state index contributed by atoms with van der Waals surface area (Å²) >= 11 is 0. The van der Waals surface area contributed by atoms with E-state index in [1.807, 2.05) is 45.3 Å². The molecule has 0 saturated carbocycles. The molecule has 5 rings (SSSR count). The molecule has 0 bridgehead atoms. The minimum Gasteiger partial charge on any atom is -0.333 e. The van der Waals surface area contributed by atoms with Gasteiger partial charge in [-0.25, -0.2) is 9.97 Å². The van der Waals surface area contributed by atoms with E-state index in [1.54, 1.807) is 6.33 Å². The molecule has 0 unspecified atom stereocenters. The Bertz CT molecular complexity index is 1330. The van der Waals surface area contributed by atoms with Crippen LogP contribution in [0, 0.1) is 5.95 Å². The summed E-state index contributed by atoms with van der Waals surface area (Å²) in [5, 5.41) is 6.14. The molecular formula is C23H26FN9O. The number of nitrogens with zero attached hydrogens (tertiary/aromatic N) is 7. The number of anilines is 4. The Labute approximate surface area is 195 Å². The summed E-state index contributed by atoms with van der Waals surface area (Å²) in [5.74, 6) is 0.848. The summed E-state index contributed by atoms with van der Waals surface area (Å²) < 4.78 is 17.0. The number of halogens is 1. The van der Waals surface area contributed by atoms with E-state index in [1.165, 1.54) is 18.3 Å². The van der Waals surface area contributed by atoms with E-state index in [0.29, 0.717) is 42.0 Å². The van der Waals surface area contributed by atoms with Gasteiger partial charge in [0.2, 0.25) is 23.8 Å². The van der Waals surface area contributed by atoms with Gasteiger partial charge in [-0.15, -0.1) is 0 Å². The Morgan fingerprint density at radius 1 is 1.21 bits per heavy atom. The average molecular weight is 464 g/mol. The molecule has 0 radical (unpaired) electrons. The smallest absolute Gasteiger partial charge is 0.250 e. The van der Waals surface area contributed by atoms with E-state index in [4.69, 9.17) is 9.97 Å². The zero-order valence-electron chi connectivity index (χ0n) is 19.2. The van der Waals surface area contributed by atoms with Crippen LogP contribution < -0.4 is 15.5 Å². The average Bonchev–Trinajstić information content (AvgIpc) is 3.55. The first-order valence-electron chi connectivity index (χ1n) is 11.2. The van der Waals surface area contributed by atoms with E-state index in [-0.39, 0.29) is 11.9 Å². The summed E-state index contributed by atoms with van der Waals surface area (Å²) in [6, 6.07) is 6.77. The monoisotopic (exact) mass is 463 g/mol. The van der Waals surface area contributed by atoms with Crippen molar-refractivity contribution >= 4 is 35.0 Å². The normalized spacial score (nSPS) is 18.1. The number of carbonyl (C=O) groups is 1. The van der Waals surface area contributed by atoms with Crippen LogP contribution in [-0.4, -0.2) is 46.9 Å². The van der Waals surface area contributed by atoms with Crippen molar-refractivity contribution in [3.8, 4) is 0 Å². The number of hydrogen-bond donors (Lipinski definition) is 2. The number of carbonyl (C=O) groups excluding carboxylic acids is 1. The molecule has 1 saturated heterocycles. The van der Waals surface area contributed by atoms with Crippen LogP contribution in [0.4, 0.5) is 27.8 Å². The molecule has 0 spiro atoms. The molecule has 1 aliphatic heterocycles. The van der Waals surface area contributed by atoms with E-state index in [0.717, 1.165) is 6.42 Å². The number of amides is 1. The molecule has 176 valence electrons. The van der Waals surface area contributed by atoms with Crippen molar-refractivity contribution < 1.29 is 9.18 Å². The Morgan fingerprint density at radius 2 is 2.06 bits per heavy atom.